The Balaban J connectivity index is 2.05. The van der Waals surface area contributed by atoms with Crippen LogP contribution in [0.2, 0.25) is 0 Å². The summed E-state index contributed by atoms with van der Waals surface area (Å²) in [5, 5.41) is 2.52. The van der Waals surface area contributed by atoms with Gasteiger partial charge in [0, 0.05) is 18.3 Å². The molecule has 1 aliphatic heterocycles. The lowest BCUT2D eigenvalue weighted by atomic mass is 10.1. The molecule has 1 aromatic carbocycles. The van der Waals surface area contributed by atoms with Crippen molar-refractivity contribution in [1.82, 2.24) is 4.90 Å². The smallest absolute Gasteiger partial charge is 0.376 e. The number of hydrogen-bond acceptors (Lipinski definition) is 4. The van der Waals surface area contributed by atoms with Crippen molar-refractivity contribution in [1.29, 1.82) is 0 Å². The van der Waals surface area contributed by atoms with E-state index in [9.17, 15) is 26.4 Å². The minimum Gasteiger partial charge on any atom is -0.376 e. The third-order valence-electron chi connectivity index (χ3n) is 3.97. The van der Waals surface area contributed by atoms with Crippen molar-refractivity contribution in [2.75, 3.05) is 29.9 Å². The number of para-hydroxylation sites is 1. The van der Waals surface area contributed by atoms with Gasteiger partial charge >= 0.3 is 6.18 Å². The number of alkyl halides is 3. The topological polar surface area (TPSA) is 66.5 Å². The van der Waals surface area contributed by atoms with E-state index in [0.717, 1.165) is 6.07 Å². The van der Waals surface area contributed by atoms with E-state index in [1.54, 1.807) is 6.92 Å². The number of anilines is 1. The fraction of sp³-hybridized carbons (Fsp3) is 0.533. The zero-order valence-electron chi connectivity index (χ0n) is 13.1. The van der Waals surface area contributed by atoms with Gasteiger partial charge in [-0.25, -0.2) is 8.42 Å². The Morgan fingerprint density at radius 1 is 1.33 bits per heavy atom. The molecule has 5 nitrogen and oxygen atoms in total. The second-order valence-electron chi connectivity index (χ2n) is 5.63. The van der Waals surface area contributed by atoms with Crippen molar-refractivity contribution in [2.45, 2.75) is 25.6 Å². The highest BCUT2D eigenvalue weighted by molar-refractivity contribution is 7.91. The monoisotopic (exact) mass is 364 g/mol. The van der Waals surface area contributed by atoms with Gasteiger partial charge in [-0.2, -0.15) is 13.2 Å². The van der Waals surface area contributed by atoms with Crippen molar-refractivity contribution in [2.24, 2.45) is 0 Å². The number of carbonyl (C=O) groups excluding carboxylic acids is 1. The van der Waals surface area contributed by atoms with Crippen LogP contribution in [-0.2, 0) is 20.8 Å². The van der Waals surface area contributed by atoms with Crippen LogP contribution >= 0.6 is 0 Å². The summed E-state index contributed by atoms with van der Waals surface area (Å²) in [6.45, 7) is 1.70. The molecule has 0 bridgehead atoms. The summed E-state index contributed by atoms with van der Waals surface area (Å²) in [7, 11) is -3.14. The lowest BCUT2D eigenvalue weighted by molar-refractivity contribution is -0.137. The number of halogens is 3. The van der Waals surface area contributed by atoms with Gasteiger partial charge in [0.2, 0.25) is 5.91 Å². The minimum atomic E-state index is -4.52. The number of sulfone groups is 1. The van der Waals surface area contributed by atoms with Crippen LogP contribution in [0.1, 0.15) is 18.9 Å². The number of hydrogen-bond donors (Lipinski definition) is 1. The molecule has 2 rings (SSSR count). The maximum absolute atomic E-state index is 12.9. The molecule has 1 amide bonds. The summed E-state index contributed by atoms with van der Waals surface area (Å²) in [6, 6.07) is 4.51. The predicted octanol–water partition coefficient (Wildman–Crippen LogP) is 2.15. The Bertz CT molecular complexity index is 704. The molecule has 0 aromatic heterocycles. The summed E-state index contributed by atoms with van der Waals surface area (Å²) in [6.07, 6.45) is -4.16. The number of likely N-dealkylation sites (N-methyl/N-ethyl adjacent to an activating group) is 1. The van der Waals surface area contributed by atoms with Crippen molar-refractivity contribution in [3.05, 3.63) is 29.8 Å². The molecule has 1 heterocycles. The highest BCUT2D eigenvalue weighted by atomic mass is 32.2. The Morgan fingerprint density at radius 2 is 2.00 bits per heavy atom. The minimum absolute atomic E-state index is 0.0335. The van der Waals surface area contributed by atoms with Gasteiger partial charge < -0.3 is 10.2 Å². The Hall–Kier alpha value is -1.77. The molecular weight excluding hydrogens is 345 g/mol. The average Bonchev–Trinajstić information content (AvgIpc) is 2.85. The summed E-state index contributed by atoms with van der Waals surface area (Å²) < 4.78 is 61.9. The SMILES string of the molecule is CCN(C(=O)CNc1ccccc1C(F)(F)F)C1CCS(=O)(=O)C1. The van der Waals surface area contributed by atoms with Crippen LogP contribution in [0.25, 0.3) is 0 Å². The van der Waals surface area contributed by atoms with Gasteiger partial charge in [0.15, 0.2) is 9.84 Å². The third kappa shape index (κ3) is 4.40. The molecule has 1 saturated heterocycles. The molecule has 0 saturated carbocycles. The van der Waals surface area contributed by atoms with Gasteiger partial charge in [-0.3, -0.25) is 4.79 Å². The zero-order chi connectivity index (χ0) is 18.0. The zero-order valence-corrected chi connectivity index (χ0v) is 14.0. The molecule has 0 radical (unpaired) electrons. The number of amides is 1. The third-order valence-corrected chi connectivity index (χ3v) is 5.72. The van der Waals surface area contributed by atoms with E-state index in [1.165, 1.54) is 23.1 Å². The Kier molecular flexibility index (Phi) is 5.42. The lowest BCUT2D eigenvalue weighted by Gasteiger charge is -2.27. The number of nitrogens with one attached hydrogen (secondary N) is 1. The molecule has 1 aromatic rings. The van der Waals surface area contributed by atoms with Gasteiger partial charge in [-0.1, -0.05) is 12.1 Å². The van der Waals surface area contributed by atoms with E-state index in [-0.39, 0.29) is 23.7 Å². The summed E-state index contributed by atoms with van der Waals surface area (Å²) >= 11 is 0. The summed E-state index contributed by atoms with van der Waals surface area (Å²) in [5.74, 6) is -0.478. The van der Waals surface area contributed by atoms with E-state index >= 15 is 0 Å². The molecule has 134 valence electrons. The molecule has 1 N–H and O–H groups in total. The highest BCUT2D eigenvalue weighted by Crippen LogP contribution is 2.34. The van der Waals surface area contributed by atoms with Gasteiger partial charge in [0.05, 0.1) is 23.6 Å². The Labute approximate surface area is 138 Å². The second-order valence-corrected chi connectivity index (χ2v) is 7.86. The van der Waals surface area contributed by atoms with Crippen LogP contribution in [0, 0.1) is 0 Å². The first-order chi connectivity index (χ1) is 11.1. The van der Waals surface area contributed by atoms with Gasteiger partial charge in [0.25, 0.3) is 0 Å². The molecule has 9 heteroatoms. The quantitative estimate of drug-likeness (QED) is 0.870. The average molecular weight is 364 g/mol. The van der Waals surface area contributed by atoms with Crippen LogP contribution < -0.4 is 5.32 Å². The fourth-order valence-corrected chi connectivity index (χ4v) is 4.55. The molecule has 1 unspecified atom stereocenters. The number of benzene rings is 1. The van der Waals surface area contributed by atoms with E-state index in [2.05, 4.69) is 5.32 Å². The first-order valence-electron chi connectivity index (χ1n) is 7.54. The lowest BCUT2D eigenvalue weighted by Crippen LogP contribution is -2.43. The van der Waals surface area contributed by atoms with E-state index in [0.29, 0.717) is 13.0 Å². The van der Waals surface area contributed by atoms with Crippen LogP contribution in [-0.4, -0.2) is 49.9 Å². The first kappa shape index (κ1) is 18.6. The normalized spacial score (nSPS) is 19.9. The van der Waals surface area contributed by atoms with Gasteiger partial charge in [-0.15, -0.1) is 0 Å². The van der Waals surface area contributed by atoms with E-state index in [1.807, 2.05) is 0 Å². The van der Waals surface area contributed by atoms with Crippen molar-refractivity contribution < 1.29 is 26.4 Å². The molecular formula is C15H19F3N2O3S. The fourth-order valence-electron chi connectivity index (χ4n) is 2.82. The molecule has 0 aliphatic carbocycles. The highest BCUT2D eigenvalue weighted by Gasteiger charge is 2.35. The predicted molar refractivity (Wildman–Crippen MR) is 84.4 cm³/mol. The van der Waals surface area contributed by atoms with Crippen molar-refractivity contribution in [3.8, 4) is 0 Å². The second kappa shape index (κ2) is 7.00. The molecule has 1 atom stereocenters. The number of carbonyl (C=O) groups is 1. The summed E-state index contributed by atoms with van der Waals surface area (Å²) in [5.41, 5.74) is -1.02. The standard InChI is InChI=1S/C15H19F3N2O3S/c1-2-20(11-7-8-24(22,23)10-11)14(21)9-19-13-6-4-3-5-12(13)15(16,17)18/h3-6,11,19H,2,7-10H2,1H3. The van der Waals surface area contributed by atoms with Gasteiger partial charge in [-0.05, 0) is 25.5 Å². The maximum atomic E-state index is 12.9. The van der Waals surface area contributed by atoms with Gasteiger partial charge in [0.1, 0.15) is 0 Å². The Morgan fingerprint density at radius 3 is 2.54 bits per heavy atom. The summed E-state index contributed by atoms with van der Waals surface area (Å²) in [4.78, 5) is 13.7. The number of nitrogens with zero attached hydrogens (tertiary/aromatic N) is 1. The van der Waals surface area contributed by atoms with Crippen molar-refractivity contribution in [3.63, 3.8) is 0 Å². The molecule has 0 spiro atoms. The van der Waals surface area contributed by atoms with E-state index in [4.69, 9.17) is 0 Å². The largest absolute Gasteiger partial charge is 0.418 e. The molecule has 1 fully saturated rings. The number of rotatable bonds is 5. The van der Waals surface area contributed by atoms with Crippen LogP contribution in [0.3, 0.4) is 0 Å². The van der Waals surface area contributed by atoms with Crippen LogP contribution in [0.4, 0.5) is 18.9 Å². The van der Waals surface area contributed by atoms with Crippen LogP contribution in [0.5, 0.6) is 0 Å². The van der Waals surface area contributed by atoms with E-state index < -0.39 is 33.5 Å². The molecule has 24 heavy (non-hydrogen) atoms. The van der Waals surface area contributed by atoms with Crippen molar-refractivity contribution >= 4 is 21.4 Å². The van der Waals surface area contributed by atoms with Crippen LogP contribution in [0.15, 0.2) is 24.3 Å². The maximum Gasteiger partial charge on any atom is 0.418 e. The first-order valence-corrected chi connectivity index (χ1v) is 9.36. The molecule has 1 aliphatic rings.